The number of para-hydroxylation sites is 1. The van der Waals surface area contributed by atoms with Crippen LogP contribution in [0.25, 0.3) is 0 Å². The van der Waals surface area contributed by atoms with Crippen LogP contribution in [-0.4, -0.2) is 19.1 Å². The Kier molecular flexibility index (Phi) is 6.28. The maximum absolute atomic E-state index is 12.5. The second kappa shape index (κ2) is 8.42. The first kappa shape index (κ1) is 18.6. The zero-order valence-corrected chi connectivity index (χ0v) is 15.2. The molecule has 134 valence electrons. The third-order valence-electron chi connectivity index (χ3n) is 4.22. The van der Waals surface area contributed by atoms with Crippen LogP contribution in [-0.2, 0) is 4.79 Å². The number of nitrogens with one attached hydrogen (secondary N) is 1. The van der Waals surface area contributed by atoms with Gasteiger partial charge in [0.25, 0.3) is 5.91 Å². The topological polar surface area (TPSA) is 73.6 Å². The summed E-state index contributed by atoms with van der Waals surface area (Å²) in [6.45, 7) is 6.00. The summed E-state index contributed by atoms with van der Waals surface area (Å²) in [4.78, 5) is 12.5. The normalized spacial score (nSPS) is 13.0. The Morgan fingerprint density at radius 3 is 2.56 bits per heavy atom. The fraction of sp³-hybridized carbons (Fsp3) is 0.350. The van der Waals surface area contributed by atoms with E-state index in [2.05, 4.69) is 19.2 Å². The lowest BCUT2D eigenvalue weighted by molar-refractivity contribution is -0.122. The van der Waals surface area contributed by atoms with E-state index >= 15 is 0 Å². The Morgan fingerprint density at radius 2 is 1.88 bits per heavy atom. The molecule has 0 aliphatic carbocycles. The maximum atomic E-state index is 12.5. The highest BCUT2D eigenvalue weighted by atomic mass is 16.5. The van der Waals surface area contributed by atoms with Gasteiger partial charge in [-0.3, -0.25) is 4.79 Å². The zero-order valence-electron chi connectivity index (χ0n) is 15.2. The third-order valence-corrected chi connectivity index (χ3v) is 4.22. The molecule has 0 bridgehead atoms. The Hall–Kier alpha value is -2.69. The van der Waals surface area contributed by atoms with Gasteiger partial charge in [-0.15, -0.1) is 0 Å². The van der Waals surface area contributed by atoms with Crippen LogP contribution >= 0.6 is 0 Å². The molecular formula is C20H26N2O3. The minimum Gasteiger partial charge on any atom is -0.495 e. The van der Waals surface area contributed by atoms with E-state index < -0.39 is 6.10 Å². The minimum atomic E-state index is -0.656. The van der Waals surface area contributed by atoms with E-state index in [1.54, 1.807) is 32.2 Å². The summed E-state index contributed by atoms with van der Waals surface area (Å²) in [6.07, 6.45) is 0.345. The molecule has 0 fully saturated rings. The number of hydrogen-bond donors (Lipinski definition) is 2. The van der Waals surface area contributed by atoms with Gasteiger partial charge in [-0.2, -0.15) is 0 Å². The van der Waals surface area contributed by atoms with E-state index in [1.165, 1.54) is 0 Å². The highest BCUT2D eigenvalue weighted by molar-refractivity contribution is 5.96. The highest BCUT2D eigenvalue weighted by Crippen LogP contribution is 2.30. The molecule has 2 atom stereocenters. The van der Waals surface area contributed by atoms with Crippen molar-refractivity contribution in [2.24, 2.45) is 0 Å². The molecule has 1 amide bonds. The van der Waals surface area contributed by atoms with Gasteiger partial charge in [0.1, 0.15) is 11.5 Å². The van der Waals surface area contributed by atoms with Crippen molar-refractivity contribution in [2.75, 3.05) is 18.2 Å². The van der Waals surface area contributed by atoms with Crippen LogP contribution in [0.3, 0.4) is 0 Å². The molecule has 0 aliphatic heterocycles. The predicted octanol–water partition coefficient (Wildman–Crippen LogP) is 4.20. The number of methoxy groups -OCH3 is 1. The molecule has 0 aliphatic rings. The first-order chi connectivity index (χ1) is 12.0. The fourth-order valence-electron chi connectivity index (χ4n) is 2.52. The van der Waals surface area contributed by atoms with Crippen LogP contribution < -0.4 is 20.5 Å². The number of rotatable bonds is 7. The number of amides is 1. The van der Waals surface area contributed by atoms with Gasteiger partial charge in [0.15, 0.2) is 6.10 Å². The monoisotopic (exact) mass is 342 g/mol. The van der Waals surface area contributed by atoms with E-state index in [9.17, 15) is 4.79 Å². The fourth-order valence-corrected chi connectivity index (χ4v) is 2.52. The Labute approximate surface area is 149 Å². The van der Waals surface area contributed by atoms with Crippen LogP contribution in [0, 0.1) is 0 Å². The molecular weight excluding hydrogens is 316 g/mol. The van der Waals surface area contributed by atoms with Gasteiger partial charge >= 0.3 is 0 Å². The lowest BCUT2D eigenvalue weighted by Crippen LogP contribution is -2.30. The number of benzene rings is 2. The molecule has 0 heterocycles. The van der Waals surface area contributed by atoms with Gasteiger partial charge in [-0.05, 0) is 49.1 Å². The van der Waals surface area contributed by atoms with Crippen molar-refractivity contribution in [3.63, 3.8) is 0 Å². The Bertz CT molecular complexity index is 731. The van der Waals surface area contributed by atoms with Crippen LogP contribution in [0.5, 0.6) is 11.5 Å². The summed E-state index contributed by atoms with van der Waals surface area (Å²) in [5, 5.41) is 2.82. The lowest BCUT2D eigenvalue weighted by Gasteiger charge is -2.20. The van der Waals surface area contributed by atoms with Crippen molar-refractivity contribution in [3.8, 4) is 11.5 Å². The van der Waals surface area contributed by atoms with E-state index in [4.69, 9.17) is 15.2 Å². The predicted molar refractivity (Wildman–Crippen MR) is 101 cm³/mol. The number of nitrogens with two attached hydrogens (primary N) is 1. The summed E-state index contributed by atoms with van der Waals surface area (Å²) >= 11 is 0. The largest absolute Gasteiger partial charge is 0.495 e. The molecule has 3 N–H and O–H groups in total. The van der Waals surface area contributed by atoms with E-state index in [0.717, 1.165) is 17.7 Å². The van der Waals surface area contributed by atoms with E-state index in [0.29, 0.717) is 23.0 Å². The molecule has 0 radical (unpaired) electrons. The van der Waals surface area contributed by atoms with Crippen molar-refractivity contribution in [1.82, 2.24) is 0 Å². The molecule has 0 saturated heterocycles. The molecule has 5 heteroatoms. The van der Waals surface area contributed by atoms with Gasteiger partial charge in [0.05, 0.1) is 12.8 Å². The van der Waals surface area contributed by atoms with Gasteiger partial charge < -0.3 is 20.5 Å². The van der Waals surface area contributed by atoms with Gasteiger partial charge in [-0.1, -0.05) is 32.0 Å². The zero-order chi connectivity index (χ0) is 18.4. The smallest absolute Gasteiger partial charge is 0.265 e. The van der Waals surface area contributed by atoms with Crippen molar-refractivity contribution in [2.45, 2.75) is 39.2 Å². The summed E-state index contributed by atoms with van der Waals surface area (Å²) in [6, 6.07) is 12.9. The number of carbonyl (C=O) groups excluding carboxylic acids is 1. The summed E-state index contributed by atoms with van der Waals surface area (Å²) in [5.74, 6) is 1.39. The van der Waals surface area contributed by atoms with Crippen molar-refractivity contribution in [1.29, 1.82) is 0 Å². The first-order valence-electron chi connectivity index (χ1n) is 8.46. The molecule has 2 unspecified atom stereocenters. The van der Waals surface area contributed by atoms with Gasteiger partial charge in [0.2, 0.25) is 0 Å². The highest BCUT2D eigenvalue weighted by Gasteiger charge is 2.19. The molecule has 2 aromatic rings. The van der Waals surface area contributed by atoms with Crippen molar-refractivity contribution in [3.05, 3.63) is 48.0 Å². The third kappa shape index (κ3) is 4.66. The summed E-state index contributed by atoms with van der Waals surface area (Å²) in [5.41, 5.74) is 7.96. The van der Waals surface area contributed by atoms with Crippen LogP contribution in [0.1, 0.15) is 38.7 Å². The standard InChI is InChI=1S/C20H26N2O3/c1-5-13(2)16-8-6-7-9-18(16)25-14(3)20(23)22-17-12-15(21)10-11-19(17)24-4/h6-14H,5,21H2,1-4H3,(H,22,23). The number of nitrogen functional groups attached to an aromatic ring is 1. The molecule has 5 nitrogen and oxygen atoms in total. The number of ether oxygens (including phenoxy) is 2. The Balaban J connectivity index is 2.13. The van der Waals surface area contributed by atoms with Crippen molar-refractivity contribution < 1.29 is 14.3 Å². The molecule has 0 spiro atoms. The summed E-state index contributed by atoms with van der Waals surface area (Å²) in [7, 11) is 1.55. The van der Waals surface area contributed by atoms with Crippen LogP contribution in [0.2, 0.25) is 0 Å². The van der Waals surface area contributed by atoms with E-state index in [1.807, 2.05) is 24.3 Å². The molecule has 2 rings (SSSR count). The van der Waals surface area contributed by atoms with Crippen LogP contribution in [0.15, 0.2) is 42.5 Å². The van der Waals surface area contributed by atoms with Gasteiger partial charge in [-0.25, -0.2) is 0 Å². The second-order valence-electron chi connectivity index (χ2n) is 6.06. The Morgan fingerprint density at radius 1 is 1.16 bits per heavy atom. The quantitative estimate of drug-likeness (QED) is 0.740. The van der Waals surface area contributed by atoms with Crippen molar-refractivity contribution >= 4 is 17.3 Å². The molecule has 0 saturated carbocycles. The summed E-state index contributed by atoms with van der Waals surface area (Å²) < 4.78 is 11.2. The minimum absolute atomic E-state index is 0.261. The SMILES string of the molecule is CCC(C)c1ccccc1OC(C)C(=O)Nc1cc(N)ccc1OC. The lowest BCUT2D eigenvalue weighted by atomic mass is 9.98. The molecule has 2 aromatic carbocycles. The first-order valence-corrected chi connectivity index (χ1v) is 8.46. The van der Waals surface area contributed by atoms with Crippen LogP contribution in [0.4, 0.5) is 11.4 Å². The van der Waals surface area contributed by atoms with E-state index in [-0.39, 0.29) is 5.91 Å². The maximum Gasteiger partial charge on any atom is 0.265 e. The second-order valence-corrected chi connectivity index (χ2v) is 6.06. The molecule has 0 aromatic heterocycles. The number of hydrogen-bond acceptors (Lipinski definition) is 4. The average molecular weight is 342 g/mol. The average Bonchev–Trinajstić information content (AvgIpc) is 2.61. The molecule has 25 heavy (non-hydrogen) atoms. The number of anilines is 2. The number of carbonyl (C=O) groups is 1. The van der Waals surface area contributed by atoms with Gasteiger partial charge in [0, 0.05) is 5.69 Å².